The Morgan fingerprint density at radius 1 is 1.29 bits per heavy atom. The van der Waals surface area contributed by atoms with Crippen LogP contribution in [0.1, 0.15) is 18.4 Å². The van der Waals surface area contributed by atoms with E-state index in [1.165, 1.54) is 25.0 Å². The zero-order valence-corrected chi connectivity index (χ0v) is 9.63. The first-order valence-corrected chi connectivity index (χ1v) is 6.02. The van der Waals surface area contributed by atoms with Crippen molar-refractivity contribution in [2.24, 2.45) is 11.7 Å². The zero-order valence-electron chi connectivity index (χ0n) is 9.63. The third-order valence-electron chi connectivity index (χ3n) is 3.83. The van der Waals surface area contributed by atoms with E-state index in [0.29, 0.717) is 18.0 Å². The van der Waals surface area contributed by atoms with Crippen LogP contribution in [0, 0.1) is 17.6 Å². The highest BCUT2D eigenvalue weighted by Gasteiger charge is 2.50. The van der Waals surface area contributed by atoms with Gasteiger partial charge < -0.3 is 5.73 Å². The molecule has 17 heavy (non-hydrogen) atoms. The predicted octanol–water partition coefficient (Wildman–Crippen LogP) is 1.89. The van der Waals surface area contributed by atoms with E-state index in [1.807, 2.05) is 0 Å². The second kappa shape index (κ2) is 3.75. The van der Waals surface area contributed by atoms with Gasteiger partial charge in [-0.1, -0.05) is 0 Å². The Balaban J connectivity index is 1.63. The molecule has 4 heteroatoms. The normalized spacial score (nSPS) is 23.5. The quantitative estimate of drug-likeness (QED) is 0.871. The largest absolute Gasteiger partial charge is 0.323 e. The fourth-order valence-electron chi connectivity index (χ4n) is 2.72. The number of halogens is 2. The summed E-state index contributed by atoms with van der Waals surface area (Å²) >= 11 is 0. The summed E-state index contributed by atoms with van der Waals surface area (Å²) in [4.78, 5) is 2.08. The van der Waals surface area contributed by atoms with Gasteiger partial charge in [0.1, 0.15) is 11.6 Å². The lowest BCUT2D eigenvalue weighted by atomic mass is 9.85. The molecule has 1 aliphatic heterocycles. The summed E-state index contributed by atoms with van der Waals surface area (Å²) in [7, 11) is 0. The summed E-state index contributed by atoms with van der Waals surface area (Å²) in [5.74, 6) is -0.0772. The van der Waals surface area contributed by atoms with Crippen LogP contribution in [0.3, 0.4) is 0 Å². The molecule has 1 heterocycles. The first kappa shape index (κ1) is 11.1. The van der Waals surface area contributed by atoms with Gasteiger partial charge in [0.2, 0.25) is 0 Å². The van der Waals surface area contributed by atoms with Crippen molar-refractivity contribution in [1.29, 1.82) is 0 Å². The molecular weight excluding hydrogens is 222 g/mol. The van der Waals surface area contributed by atoms with E-state index in [4.69, 9.17) is 5.73 Å². The van der Waals surface area contributed by atoms with E-state index in [2.05, 4.69) is 4.90 Å². The van der Waals surface area contributed by atoms with Gasteiger partial charge in [-0.3, -0.25) is 4.90 Å². The molecule has 3 rings (SSSR count). The SMILES string of the molecule is NC1(C2CC2)CN(Cc2cc(F)ccc2F)C1. The van der Waals surface area contributed by atoms with Gasteiger partial charge in [-0.2, -0.15) is 0 Å². The van der Waals surface area contributed by atoms with Crippen LogP contribution in [0.5, 0.6) is 0 Å². The summed E-state index contributed by atoms with van der Waals surface area (Å²) in [6.07, 6.45) is 2.44. The maximum absolute atomic E-state index is 13.4. The highest BCUT2D eigenvalue weighted by Crippen LogP contribution is 2.43. The van der Waals surface area contributed by atoms with Gasteiger partial charge in [0.15, 0.2) is 0 Å². The molecule has 0 aromatic heterocycles. The fourth-order valence-corrected chi connectivity index (χ4v) is 2.72. The van der Waals surface area contributed by atoms with Crippen LogP contribution in [0.15, 0.2) is 18.2 Å². The van der Waals surface area contributed by atoms with E-state index in [1.54, 1.807) is 0 Å². The van der Waals surface area contributed by atoms with Crippen LogP contribution in [0.4, 0.5) is 8.78 Å². The Morgan fingerprint density at radius 3 is 2.65 bits per heavy atom. The lowest BCUT2D eigenvalue weighted by molar-refractivity contribution is 0.0468. The summed E-state index contributed by atoms with van der Waals surface area (Å²) < 4.78 is 26.4. The number of nitrogens with two attached hydrogens (primary N) is 1. The van der Waals surface area contributed by atoms with E-state index < -0.39 is 0 Å². The first-order chi connectivity index (χ1) is 8.07. The Bertz CT molecular complexity index is 437. The molecule has 0 amide bonds. The third-order valence-corrected chi connectivity index (χ3v) is 3.83. The molecule has 0 atom stereocenters. The molecule has 2 aliphatic rings. The Labute approximate surface area is 99.4 Å². The van der Waals surface area contributed by atoms with Gasteiger partial charge in [0, 0.05) is 30.7 Å². The fraction of sp³-hybridized carbons (Fsp3) is 0.538. The van der Waals surface area contributed by atoms with Crippen molar-refractivity contribution in [1.82, 2.24) is 4.90 Å². The molecule has 0 bridgehead atoms. The standard InChI is InChI=1S/C13H16F2N2/c14-11-3-4-12(15)9(5-11)6-17-7-13(16,8-17)10-1-2-10/h3-5,10H,1-2,6-8,16H2. The number of hydrogen-bond acceptors (Lipinski definition) is 2. The van der Waals surface area contributed by atoms with Crippen molar-refractivity contribution in [2.75, 3.05) is 13.1 Å². The molecule has 1 aromatic carbocycles. The molecule has 0 unspecified atom stereocenters. The Hall–Kier alpha value is -1.00. The lowest BCUT2D eigenvalue weighted by Crippen LogP contribution is -2.68. The molecule has 92 valence electrons. The van der Waals surface area contributed by atoms with Crippen molar-refractivity contribution in [3.8, 4) is 0 Å². The zero-order chi connectivity index (χ0) is 12.0. The molecular formula is C13H16F2N2. The number of nitrogens with zero attached hydrogens (tertiary/aromatic N) is 1. The summed E-state index contributed by atoms with van der Waals surface area (Å²) in [6.45, 7) is 2.05. The average Bonchev–Trinajstić information content (AvgIpc) is 3.04. The third kappa shape index (κ3) is 2.07. The topological polar surface area (TPSA) is 29.3 Å². The van der Waals surface area contributed by atoms with Crippen LogP contribution in [0.25, 0.3) is 0 Å². The van der Waals surface area contributed by atoms with E-state index in [9.17, 15) is 8.78 Å². The monoisotopic (exact) mass is 238 g/mol. The molecule has 1 saturated carbocycles. The highest BCUT2D eigenvalue weighted by molar-refractivity contribution is 5.20. The number of benzene rings is 1. The van der Waals surface area contributed by atoms with Gasteiger partial charge in [-0.05, 0) is 37.0 Å². The minimum Gasteiger partial charge on any atom is -0.323 e. The van der Waals surface area contributed by atoms with Crippen LogP contribution in [-0.2, 0) is 6.54 Å². The predicted molar refractivity (Wildman–Crippen MR) is 61.3 cm³/mol. The summed E-state index contributed by atoms with van der Waals surface area (Å²) in [6, 6.07) is 3.59. The van der Waals surface area contributed by atoms with Crippen molar-refractivity contribution < 1.29 is 8.78 Å². The van der Waals surface area contributed by atoms with Crippen molar-refractivity contribution >= 4 is 0 Å². The van der Waals surface area contributed by atoms with Crippen LogP contribution < -0.4 is 5.73 Å². The van der Waals surface area contributed by atoms with Crippen molar-refractivity contribution in [3.63, 3.8) is 0 Å². The molecule has 2 N–H and O–H groups in total. The van der Waals surface area contributed by atoms with Crippen LogP contribution in [-0.4, -0.2) is 23.5 Å². The molecule has 2 fully saturated rings. The van der Waals surface area contributed by atoms with E-state index in [0.717, 1.165) is 19.2 Å². The van der Waals surface area contributed by atoms with Crippen LogP contribution >= 0.6 is 0 Å². The second-order valence-corrected chi connectivity index (χ2v) is 5.39. The number of likely N-dealkylation sites (tertiary alicyclic amines) is 1. The van der Waals surface area contributed by atoms with Crippen molar-refractivity contribution in [3.05, 3.63) is 35.4 Å². The molecule has 0 radical (unpaired) electrons. The van der Waals surface area contributed by atoms with Crippen molar-refractivity contribution in [2.45, 2.75) is 24.9 Å². The van der Waals surface area contributed by atoms with Gasteiger partial charge in [-0.25, -0.2) is 8.78 Å². The first-order valence-electron chi connectivity index (χ1n) is 6.02. The minimum absolute atomic E-state index is 0.0657. The lowest BCUT2D eigenvalue weighted by Gasteiger charge is -2.48. The number of rotatable bonds is 3. The smallest absolute Gasteiger partial charge is 0.127 e. The average molecular weight is 238 g/mol. The maximum atomic E-state index is 13.4. The molecule has 0 spiro atoms. The van der Waals surface area contributed by atoms with Gasteiger partial charge in [-0.15, -0.1) is 0 Å². The Morgan fingerprint density at radius 2 is 2.00 bits per heavy atom. The molecule has 1 aromatic rings. The Kier molecular flexibility index (Phi) is 2.45. The number of hydrogen-bond donors (Lipinski definition) is 1. The second-order valence-electron chi connectivity index (χ2n) is 5.39. The molecule has 2 nitrogen and oxygen atoms in total. The highest BCUT2D eigenvalue weighted by atomic mass is 19.1. The molecule has 1 saturated heterocycles. The van der Waals surface area contributed by atoms with Gasteiger partial charge in [0.25, 0.3) is 0 Å². The summed E-state index contributed by atoms with van der Waals surface area (Å²) in [5, 5.41) is 0. The van der Waals surface area contributed by atoms with E-state index >= 15 is 0 Å². The van der Waals surface area contributed by atoms with Gasteiger partial charge >= 0.3 is 0 Å². The summed E-state index contributed by atoms with van der Waals surface area (Å²) in [5.41, 5.74) is 6.56. The molecule has 1 aliphatic carbocycles. The van der Waals surface area contributed by atoms with Crippen LogP contribution in [0.2, 0.25) is 0 Å². The minimum atomic E-state index is -0.386. The van der Waals surface area contributed by atoms with E-state index in [-0.39, 0.29) is 17.2 Å². The van der Waals surface area contributed by atoms with Gasteiger partial charge in [0.05, 0.1) is 0 Å². The maximum Gasteiger partial charge on any atom is 0.127 e.